The first-order valence-corrected chi connectivity index (χ1v) is 12.8. The Kier molecular flexibility index (Phi) is 3.96. The van der Waals surface area contributed by atoms with E-state index in [1.807, 2.05) is 0 Å². The van der Waals surface area contributed by atoms with Crippen LogP contribution in [0.25, 0.3) is 32.9 Å². The molecule has 2 heteroatoms. The summed E-state index contributed by atoms with van der Waals surface area (Å²) in [5, 5.41) is 5.46. The molecule has 0 N–H and O–H groups in total. The maximum atomic E-state index is 2.40. The molecule has 0 aliphatic heterocycles. The first kappa shape index (κ1) is 17.0. The van der Waals surface area contributed by atoms with Gasteiger partial charge in [0.15, 0.2) is 0 Å². The Balaban J connectivity index is 2.00. The molecular weight excluding hydrogens is 330 g/mol. The number of rotatable bonds is 2. The Hall–Kier alpha value is -2.45. The fourth-order valence-corrected chi connectivity index (χ4v) is 5.01. The number of benzene rings is 3. The van der Waals surface area contributed by atoms with E-state index in [4.69, 9.17) is 0 Å². The van der Waals surface area contributed by atoms with Crippen LogP contribution in [0, 0.1) is 6.92 Å². The lowest BCUT2D eigenvalue weighted by molar-refractivity contribution is -0.633. The normalized spacial score (nSPS) is 12.0. The molecule has 0 atom stereocenters. The highest BCUT2D eigenvalue weighted by atomic mass is 28.3. The Labute approximate surface area is 156 Å². The van der Waals surface area contributed by atoms with Crippen molar-refractivity contribution in [3.8, 4) is 11.3 Å². The average Bonchev–Trinajstić information content (AvgIpc) is 2.62. The maximum Gasteiger partial charge on any atom is 0.213 e. The topological polar surface area (TPSA) is 3.88 Å². The molecule has 4 aromatic rings. The maximum absolute atomic E-state index is 2.40. The quantitative estimate of drug-likeness (QED) is 0.337. The van der Waals surface area contributed by atoms with E-state index in [-0.39, 0.29) is 0 Å². The zero-order chi connectivity index (χ0) is 18.5. The van der Waals surface area contributed by atoms with E-state index in [0.717, 1.165) is 0 Å². The molecule has 0 aliphatic rings. The number of hydrogen-bond donors (Lipinski definition) is 0. The first-order chi connectivity index (χ1) is 12.4. The van der Waals surface area contributed by atoms with Gasteiger partial charge >= 0.3 is 0 Å². The van der Waals surface area contributed by atoms with Gasteiger partial charge in [0.1, 0.15) is 7.05 Å². The van der Waals surface area contributed by atoms with Crippen molar-refractivity contribution in [1.29, 1.82) is 0 Å². The summed E-state index contributed by atoms with van der Waals surface area (Å²) < 4.78 is 2.35. The Morgan fingerprint density at radius 2 is 1.50 bits per heavy atom. The van der Waals surface area contributed by atoms with Crippen LogP contribution < -0.4 is 9.75 Å². The lowest BCUT2D eigenvalue weighted by Crippen LogP contribution is -2.38. The standard InChI is InChI=1S/C24H26NSi/c1-17-10-11-18-8-6-7-9-21(18)24(17)23-14-12-19-16-20(26(3,4)5)13-15-22(19)25(23)2/h6-16H,1-5H3/q+1. The fraction of sp³-hybridized carbons (Fsp3) is 0.208. The van der Waals surface area contributed by atoms with Crippen molar-refractivity contribution < 1.29 is 4.57 Å². The molecule has 26 heavy (non-hydrogen) atoms. The summed E-state index contributed by atoms with van der Waals surface area (Å²) in [6.07, 6.45) is 0. The third-order valence-corrected chi connectivity index (χ3v) is 7.47. The van der Waals surface area contributed by atoms with Crippen molar-refractivity contribution in [2.75, 3.05) is 0 Å². The number of aromatic nitrogens is 1. The van der Waals surface area contributed by atoms with E-state index in [2.05, 4.69) is 105 Å². The minimum Gasteiger partial charge on any atom is -0.194 e. The van der Waals surface area contributed by atoms with Crippen LogP contribution in [0.5, 0.6) is 0 Å². The number of aryl methyl sites for hydroxylation is 2. The van der Waals surface area contributed by atoms with Crippen molar-refractivity contribution in [3.05, 3.63) is 72.3 Å². The highest BCUT2D eigenvalue weighted by molar-refractivity contribution is 6.88. The second-order valence-electron chi connectivity index (χ2n) is 8.28. The van der Waals surface area contributed by atoms with Gasteiger partial charge in [0.2, 0.25) is 11.2 Å². The SMILES string of the molecule is Cc1ccc2ccccc2c1-c1ccc2cc([Si](C)(C)C)ccc2[n+]1C. The van der Waals surface area contributed by atoms with Crippen molar-refractivity contribution in [1.82, 2.24) is 0 Å². The number of pyridine rings is 1. The van der Waals surface area contributed by atoms with Crippen LogP contribution in [-0.2, 0) is 7.05 Å². The molecule has 0 saturated carbocycles. The average molecular weight is 357 g/mol. The van der Waals surface area contributed by atoms with Gasteiger partial charge in [0.25, 0.3) is 0 Å². The van der Waals surface area contributed by atoms with Gasteiger partial charge in [-0.3, -0.25) is 0 Å². The molecule has 0 fully saturated rings. The van der Waals surface area contributed by atoms with Crippen molar-refractivity contribution in [2.24, 2.45) is 7.05 Å². The first-order valence-electron chi connectivity index (χ1n) is 9.28. The van der Waals surface area contributed by atoms with Crippen molar-refractivity contribution >= 4 is 34.9 Å². The number of nitrogens with zero attached hydrogens (tertiary/aromatic N) is 1. The molecule has 4 rings (SSSR count). The Morgan fingerprint density at radius 1 is 0.769 bits per heavy atom. The molecule has 0 amide bonds. The van der Waals surface area contributed by atoms with Gasteiger partial charge in [0.05, 0.1) is 13.6 Å². The van der Waals surface area contributed by atoms with Crippen LogP contribution in [0.3, 0.4) is 0 Å². The zero-order valence-electron chi connectivity index (χ0n) is 16.3. The molecule has 3 aromatic carbocycles. The van der Waals surface area contributed by atoms with Crippen LogP contribution in [0.15, 0.2) is 66.7 Å². The predicted molar refractivity (Wildman–Crippen MR) is 116 cm³/mol. The molecule has 1 aromatic heterocycles. The molecule has 0 unspecified atom stereocenters. The molecule has 1 heterocycles. The highest BCUT2D eigenvalue weighted by Crippen LogP contribution is 2.30. The van der Waals surface area contributed by atoms with Gasteiger partial charge in [-0.25, -0.2) is 0 Å². The van der Waals surface area contributed by atoms with E-state index < -0.39 is 8.07 Å². The highest BCUT2D eigenvalue weighted by Gasteiger charge is 2.21. The van der Waals surface area contributed by atoms with Crippen LogP contribution in [0.2, 0.25) is 19.6 Å². The summed E-state index contributed by atoms with van der Waals surface area (Å²) in [5.74, 6) is 0. The van der Waals surface area contributed by atoms with Gasteiger partial charge < -0.3 is 0 Å². The zero-order valence-corrected chi connectivity index (χ0v) is 17.3. The second kappa shape index (κ2) is 6.06. The Morgan fingerprint density at radius 3 is 2.27 bits per heavy atom. The monoisotopic (exact) mass is 356 g/mol. The summed E-state index contributed by atoms with van der Waals surface area (Å²) in [5.41, 5.74) is 5.21. The van der Waals surface area contributed by atoms with E-state index in [0.29, 0.717) is 0 Å². The van der Waals surface area contributed by atoms with E-state index in [1.165, 1.54) is 43.7 Å². The Bertz CT molecular complexity index is 1140. The lowest BCUT2D eigenvalue weighted by atomic mass is 9.96. The van der Waals surface area contributed by atoms with Gasteiger partial charge in [0, 0.05) is 17.5 Å². The summed E-state index contributed by atoms with van der Waals surface area (Å²) in [7, 11) is 0.888. The molecule has 130 valence electrons. The summed E-state index contributed by atoms with van der Waals surface area (Å²) in [6, 6.07) is 24.7. The molecular formula is C24H26NSi+. The van der Waals surface area contributed by atoms with Gasteiger partial charge in [-0.1, -0.05) is 67.3 Å². The van der Waals surface area contributed by atoms with Crippen LogP contribution >= 0.6 is 0 Å². The predicted octanol–water partition coefficient (Wildman–Crippen LogP) is 5.34. The molecule has 0 aliphatic carbocycles. The molecule has 0 saturated heterocycles. The van der Waals surface area contributed by atoms with Crippen LogP contribution in [0.4, 0.5) is 0 Å². The van der Waals surface area contributed by atoms with Crippen LogP contribution in [0.1, 0.15) is 5.56 Å². The van der Waals surface area contributed by atoms with Crippen molar-refractivity contribution in [2.45, 2.75) is 26.6 Å². The summed E-state index contributed by atoms with van der Waals surface area (Å²) in [6.45, 7) is 9.42. The van der Waals surface area contributed by atoms with Gasteiger partial charge in [-0.05, 0) is 35.4 Å². The number of fused-ring (bicyclic) bond motifs is 2. The largest absolute Gasteiger partial charge is 0.213 e. The smallest absolute Gasteiger partial charge is 0.194 e. The minimum atomic E-state index is -1.30. The summed E-state index contributed by atoms with van der Waals surface area (Å²) in [4.78, 5) is 0. The molecule has 0 bridgehead atoms. The lowest BCUT2D eigenvalue weighted by Gasteiger charge is -2.17. The fourth-order valence-electron chi connectivity index (χ4n) is 3.84. The molecule has 0 spiro atoms. The second-order valence-corrected chi connectivity index (χ2v) is 13.4. The number of hydrogen-bond acceptors (Lipinski definition) is 0. The van der Waals surface area contributed by atoms with E-state index in [1.54, 1.807) is 0 Å². The third kappa shape index (κ3) is 2.75. The van der Waals surface area contributed by atoms with Gasteiger partial charge in [-0.15, -0.1) is 0 Å². The molecule has 1 nitrogen and oxygen atoms in total. The van der Waals surface area contributed by atoms with Crippen molar-refractivity contribution in [3.63, 3.8) is 0 Å². The summed E-state index contributed by atoms with van der Waals surface area (Å²) >= 11 is 0. The van der Waals surface area contributed by atoms with E-state index >= 15 is 0 Å². The minimum absolute atomic E-state index is 1.27. The van der Waals surface area contributed by atoms with Crippen LogP contribution in [-0.4, -0.2) is 8.07 Å². The molecule has 0 radical (unpaired) electrons. The van der Waals surface area contributed by atoms with E-state index in [9.17, 15) is 0 Å². The van der Waals surface area contributed by atoms with Gasteiger partial charge in [-0.2, -0.15) is 4.57 Å². The third-order valence-electron chi connectivity index (χ3n) is 5.43.